The Morgan fingerprint density at radius 3 is 2.48 bits per heavy atom. The summed E-state index contributed by atoms with van der Waals surface area (Å²) in [5, 5.41) is 9.04. The van der Waals surface area contributed by atoms with E-state index in [1.807, 2.05) is 37.3 Å². The maximum Gasteiger partial charge on any atom is 0.244 e. The summed E-state index contributed by atoms with van der Waals surface area (Å²) in [6.07, 6.45) is 0.632. The third-order valence-corrected chi connectivity index (χ3v) is 4.86. The molecule has 0 bridgehead atoms. The Morgan fingerprint density at radius 1 is 1.29 bits per heavy atom. The van der Waals surface area contributed by atoms with Crippen molar-refractivity contribution in [1.29, 1.82) is 0 Å². The first-order valence-electron chi connectivity index (χ1n) is 6.75. The lowest BCUT2D eigenvalue weighted by atomic mass is 10.1. The van der Waals surface area contributed by atoms with Crippen molar-refractivity contribution in [3.63, 3.8) is 0 Å². The van der Waals surface area contributed by atoms with Gasteiger partial charge < -0.3 is 9.52 Å². The third kappa shape index (κ3) is 3.53. The molecule has 2 N–H and O–H groups in total. The van der Waals surface area contributed by atoms with Crippen molar-refractivity contribution in [2.75, 3.05) is 0 Å². The van der Waals surface area contributed by atoms with E-state index in [4.69, 9.17) is 9.52 Å². The summed E-state index contributed by atoms with van der Waals surface area (Å²) in [6, 6.07) is 10.5. The number of furan rings is 1. The van der Waals surface area contributed by atoms with Crippen molar-refractivity contribution in [2.24, 2.45) is 0 Å². The topological polar surface area (TPSA) is 79.5 Å². The SMILES string of the molecule is CCC(NS(=O)(=O)c1cc(CO)oc1C)c1ccccc1. The molecule has 1 aromatic carbocycles. The average Bonchev–Trinajstić information content (AvgIpc) is 2.88. The minimum Gasteiger partial charge on any atom is -0.462 e. The second kappa shape index (κ2) is 6.43. The van der Waals surface area contributed by atoms with Crippen LogP contribution in [0, 0.1) is 6.92 Å². The van der Waals surface area contributed by atoms with Crippen molar-refractivity contribution in [3.05, 3.63) is 53.5 Å². The molecule has 0 aliphatic rings. The average molecular weight is 309 g/mol. The van der Waals surface area contributed by atoms with Gasteiger partial charge in [-0.1, -0.05) is 37.3 Å². The molecule has 0 amide bonds. The first kappa shape index (κ1) is 15.8. The summed E-state index contributed by atoms with van der Waals surface area (Å²) in [5.41, 5.74) is 0.909. The van der Waals surface area contributed by atoms with Crippen LogP contribution in [-0.2, 0) is 16.6 Å². The predicted octanol–water partition coefficient (Wildman–Crippen LogP) is 2.51. The summed E-state index contributed by atoms with van der Waals surface area (Å²) < 4.78 is 32.8. The molecular weight excluding hydrogens is 290 g/mol. The number of aliphatic hydroxyl groups is 1. The van der Waals surface area contributed by atoms with Gasteiger partial charge in [-0.2, -0.15) is 0 Å². The van der Waals surface area contributed by atoms with Crippen molar-refractivity contribution in [1.82, 2.24) is 4.72 Å². The van der Waals surface area contributed by atoms with E-state index in [1.54, 1.807) is 6.92 Å². The van der Waals surface area contributed by atoms with Crippen LogP contribution in [0.25, 0.3) is 0 Å². The molecule has 6 heteroatoms. The third-order valence-electron chi connectivity index (χ3n) is 3.28. The molecule has 0 aliphatic heterocycles. The Balaban J connectivity index is 2.29. The number of rotatable bonds is 6. The van der Waals surface area contributed by atoms with Crippen molar-refractivity contribution >= 4 is 10.0 Å². The molecule has 0 saturated heterocycles. The van der Waals surface area contributed by atoms with Crippen molar-refractivity contribution in [2.45, 2.75) is 37.8 Å². The van der Waals surface area contributed by atoms with E-state index in [0.29, 0.717) is 6.42 Å². The van der Waals surface area contributed by atoms with Crippen LogP contribution in [0.3, 0.4) is 0 Å². The fraction of sp³-hybridized carbons (Fsp3) is 0.333. The number of benzene rings is 1. The molecule has 1 unspecified atom stereocenters. The van der Waals surface area contributed by atoms with Crippen LogP contribution in [0.1, 0.15) is 36.5 Å². The fourth-order valence-electron chi connectivity index (χ4n) is 2.19. The molecule has 0 fully saturated rings. The van der Waals surface area contributed by atoms with Gasteiger partial charge in [-0.3, -0.25) is 0 Å². The number of hydrogen-bond donors (Lipinski definition) is 2. The summed E-state index contributed by atoms with van der Waals surface area (Å²) in [7, 11) is -3.69. The van der Waals surface area contributed by atoms with Gasteiger partial charge >= 0.3 is 0 Å². The molecule has 2 aromatic rings. The quantitative estimate of drug-likeness (QED) is 0.859. The van der Waals surface area contributed by atoms with E-state index >= 15 is 0 Å². The highest BCUT2D eigenvalue weighted by molar-refractivity contribution is 7.89. The molecule has 114 valence electrons. The lowest BCUT2D eigenvalue weighted by Crippen LogP contribution is -2.28. The lowest BCUT2D eigenvalue weighted by molar-refractivity contribution is 0.244. The molecule has 5 nitrogen and oxygen atoms in total. The Bertz CT molecular complexity index is 692. The van der Waals surface area contributed by atoms with E-state index in [9.17, 15) is 8.42 Å². The molecule has 0 spiro atoms. The highest BCUT2D eigenvalue weighted by Gasteiger charge is 2.24. The maximum atomic E-state index is 12.5. The molecule has 0 radical (unpaired) electrons. The minimum absolute atomic E-state index is 0.0703. The largest absolute Gasteiger partial charge is 0.462 e. The summed E-state index contributed by atoms with van der Waals surface area (Å²) in [5.74, 6) is 0.509. The van der Waals surface area contributed by atoms with Gasteiger partial charge in [0.1, 0.15) is 23.0 Å². The van der Waals surface area contributed by atoms with Crippen molar-refractivity contribution in [3.8, 4) is 0 Å². The van der Waals surface area contributed by atoms with E-state index in [2.05, 4.69) is 4.72 Å². The molecule has 21 heavy (non-hydrogen) atoms. The predicted molar refractivity (Wildman–Crippen MR) is 79.2 cm³/mol. The lowest BCUT2D eigenvalue weighted by Gasteiger charge is -2.17. The van der Waals surface area contributed by atoms with Gasteiger partial charge in [-0.15, -0.1) is 0 Å². The van der Waals surface area contributed by atoms with E-state index in [0.717, 1.165) is 5.56 Å². The number of sulfonamides is 1. The molecule has 0 saturated carbocycles. The molecule has 1 atom stereocenters. The summed E-state index contributed by atoms with van der Waals surface area (Å²) in [4.78, 5) is 0.0703. The van der Waals surface area contributed by atoms with Gasteiger partial charge in [-0.05, 0) is 18.9 Å². The number of aliphatic hydroxyl groups excluding tert-OH is 1. The molecule has 2 rings (SSSR count). The summed E-state index contributed by atoms with van der Waals surface area (Å²) in [6.45, 7) is 3.16. The zero-order chi connectivity index (χ0) is 15.5. The highest BCUT2D eigenvalue weighted by atomic mass is 32.2. The van der Waals surface area contributed by atoms with Crippen LogP contribution in [0.15, 0.2) is 45.7 Å². The Morgan fingerprint density at radius 2 is 1.95 bits per heavy atom. The number of hydrogen-bond acceptors (Lipinski definition) is 4. The summed E-state index contributed by atoms with van der Waals surface area (Å²) >= 11 is 0. The Kier molecular flexibility index (Phi) is 4.82. The normalized spacial score (nSPS) is 13.3. The first-order valence-corrected chi connectivity index (χ1v) is 8.23. The smallest absolute Gasteiger partial charge is 0.244 e. The Labute approximate surface area is 124 Å². The van der Waals surface area contributed by atoms with Gasteiger partial charge in [0.05, 0.1) is 0 Å². The van der Waals surface area contributed by atoms with Crippen LogP contribution in [-0.4, -0.2) is 13.5 Å². The zero-order valence-electron chi connectivity index (χ0n) is 12.0. The van der Waals surface area contributed by atoms with Crippen LogP contribution >= 0.6 is 0 Å². The van der Waals surface area contributed by atoms with Gasteiger partial charge in [0.15, 0.2) is 0 Å². The highest BCUT2D eigenvalue weighted by Crippen LogP contribution is 2.24. The van der Waals surface area contributed by atoms with Crippen LogP contribution in [0.4, 0.5) is 0 Å². The number of aryl methyl sites for hydroxylation is 1. The van der Waals surface area contributed by atoms with Crippen LogP contribution in [0.2, 0.25) is 0 Å². The van der Waals surface area contributed by atoms with Gasteiger partial charge in [-0.25, -0.2) is 13.1 Å². The second-order valence-electron chi connectivity index (χ2n) is 4.78. The molecule has 0 aliphatic carbocycles. The van der Waals surface area contributed by atoms with Gasteiger partial charge in [0.2, 0.25) is 10.0 Å². The molecule has 1 aromatic heterocycles. The minimum atomic E-state index is -3.69. The van der Waals surface area contributed by atoms with Crippen LogP contribution < -0.4 is 4.72 Å². The molecule has 1 heterocycles. The van der Waals surface area contributed by atoms with E-state index in [-0.39, 0.29) is 29.1 Å². The van der Waals surface area contributed by atoms with E-state index < -0.39 is 10.0 Å². The monoisotopic (exact) mass is 309 g/mol. The second-order valence-corrected chi connectivity index (χ2v) is 6.47. The fourth-order valence-corrected chi connectivity index (χ4v) is 3.70. The standard InChI is InChI=1S/C15H19NO4S/c1-3-14(12-7-5-4-6-8-12)16-21(18,19)15-9-13(10-17)20-11(15)2/h4-9,14,16-17H,3,10H2,1-2H3. The zero-order valence-corrected chi connectivity index (χ0v) is 12.9. The van der Waals surface area contributed by atoms with Crippen LogP contribution in [0.5, 0.6) is 0 Å². The Hall–Kier alpha value is -1.63. The maximum absolute atomic E-state index is 12.5. The first-order chi connectivity index (χ1) is 9.97. The van der Waals surface area contributed by atoms with Crippen molar-refractivity contribution < 1.29 is 17.9 Å². The number of nitrogens with one attached hydrogen (secondary N) is 1. The van der Waals surface area contributed by atoms with Gasteiger partial charge in [0, 0.05) is 12.1 Å². The van der Waals surface area contributed by atoms with Gasteiger partial charge in [0.25, 0.3) is 0 Å². The molecular formula is C15H19NO4S. The van der Waals surface area contributed by atoms with E-state index in [1.165, 1.54) is 6.07 Å².